The minimum atomic E-state index is 0.573. The first-order chi connectivity index (χ1) is 10.3. The maximum absolute atomic E-state index is 4.46. The molecule has 4 heteroatoms. The van der Waals surface area contributed by atoms with Gasteiger partial charge in [0.25, 0.3) is 0 Å². The highest BCUT2D eigenvalue weighted by Gasteiger charge is 2.15. The zero-order valence-corrected chi connectivity index (χ0v) is 12.7. The van der Waals surface area contributed by atoms with Crippen molar-refractivity contribution in [3.05, 3.63) is 48.3 Å². The third-order valence-corrected chi connectivity index (χ3v) is 4.14. The van der Waals surface area contributed by atoms with Crippen LogP contribution in [0.4, 0.5) is 5.69 Å². The summed E-state index contributed by atoms with van der Waals surface area (Å²) in [6.07, 6.45) is 7.78. The van der Waals surface area contributed by atoms with E-state index in [2.05, 4.69) is 52.8 Å². The van der Waals surface area contributed by atoms with Crippen LogP contribution in [0.15, 0.2) is 42.7 Å². The molecule has 2 aromatic rings. The number of hydrogen-bond donors (Lipinski definition) is 1. The minimum absolute atomic E-state index is 0.573. The molecule has 3 rings (SSSR count). The highest BCUT2D eigenvalue weighted by molar-refractivity contribution is 5.39. The van der Waals surface area contributed by atoms with Crippen LogP contribution in [0.3, 0.4) is 0 Å². The first-order valence-corrected chi connectivity index (χ1v) is 7.81. The van der Waals surface area contributed by atoms with E-state index in [9.17, 15) is 0 Å². The van der Waals surface area contributed by atoms with E-state index in [1.165, 1.54) is 37.9 Å². The molecule has 112 valence electrons. The molecular weight excluding hydrogens is 260 g/mol. The van der Waals surface area contributed by atoms with Gasteiger partial charge >= 0.3 is 0 Å². The molecule has 1 aliphatic heterocycles. The summed E-state index contributed by atoms with van der Waals surface area (Å²) in [6, 6.07) is 11.0. The highest BCUT2D eigenvalue weighted by Crippen LogP contribution is 2.16. The van der Waals surface area contributed by atoms with Gasteiger partial charge in [-0.15, -0.1) is 0 Å². The van der Waals surface area contributed by atoms with Gasteiger partial charge in [-0.25, -0.2) is 0 Å². The number of anilines is 1. The molecule has 1 saturated heterocycles. The van der Waals surface area contributed by atoms with Crippen molar-refractivity contribution < 1.29 is 0 Å². The molecule has 4 nitrogen and oxygen atoms in total. The quantitative estimate of drug-likeness (QED) is 0.937. The zero-order chi connectivity index (χ0) is 14.5. The van der Waals surface area contributed by atoms with Crippen LogP contribution >= 0.6 is 0 Å². The second kappa shape index (κ2) is 6.76. The lowest BCUT2D eigenvalue weighted by Crippen LogP contribution is -2.22. The summed E-state index contributed by atoms with van der Waals surface area (Å²) in [4.78, 5) is 2.42. The van der Waals surface area contributed by atoms with Crippen molar-refractivity contribution >= 4 is 5.69 Å². The molecular formula is C17H24N4. The summed E-state index contributed by atoms with van der Waals surface area (Å²) < 4.78 is 2.00. The Kier molecular flexibility index (Phi) is 4.55. The lowest BCUT2D eigenvalue weighted by molar-refractivity contribution is 0.348. The molecule has 0 saturated carbocycles. The Morgan fingerprint density at radius 2 is 2.05 bits per heavy atom. The molecule has 1 aliphatic rings. The number of likely N-dealkylation sites (tertiary alicyclic amines) is 1. The normalized spacial score (nSPS) is 20.1. The third-order valence-electron chi connectivity index (χ3n) is 4.14. The minimum Gasteiger partial charge on any atom is -0.380 e. The van der Waals surface area contributed by atoms with Gasteiger partial charge < -0.3 is 10.2 Å². The monoisotopic (exact) mass is 284 g/mol. The summed E-state index contributed by atoms with van der Waals surface area (Å²) in [6.45, 7) is 3.22. The van der Waals surface area contributed by atoms with Gasteiger partial charge in [-0.2, -0.15) is 5.10 Å². The lowest BCUT2D eigenvalue weighted by atomic mass is 10.1. The second-order valence-electron chi connectivity index (χ2n) is 5.99. The van der Waals surface area contributed by atoms with Crippen molar-refractivity contribution in [1.29, 1.82) is 0 Å². The van der Waals surface area contributed by atoms with E-state index in [-0.39, 0.29) is 0 Å². The average Bonchev–Trinajstić information content (AvgIpc) is 2.82. The fourth-order valence-corrected chi connectivity index (χ4v) is 2.92. The summed E-state index contributed by atoms with van der Waals surface area (Å²) >= 11 is 0. The number of nitrogens with one attached hydrogen (secondary N) is 1. The third kappa shape index (κ3) is 4.08. The summed E-state index contributed by atoms with van der Waals surface area (Å²) in [5.41, 5.74) is 2.42. The van der Waals surface area contributed by atoms with Crippen LogP contribution in [-0.4, -0.2) is 40.9 Å². The van der Waals surface area contributed by atoms with Gasteiger partial charge in [-0.05, 0) is 45.0 Å². The molecule has 1 unspecified atom stereocenters. The van der Waals surface area contributed by atoms with Crippen LogP contribution in [0.1, 0.15) is 24.8 Å². The van der Waals surface area contributed by atoms with Crippen molar-refractivity contribution in [2.24, 2.45) is 0 Å². The first kappa shape index (κ1) is 14.1. The number of aromatic nitrogens is 2. The van der Waals surface area contributed by atoms with E-state index < -0.39 is 0 Å². The maximum Gasteiger partial charge on any atom is 0.0728 e. The summed E-state index contributed by atoms with van der Waals surface area (Å²) in [7, 11) is 2.21. The summed E-state index contributed by atoms with van der Waals surface area (Å²) in [5.74, 6) is 0. The first-order valence-electron chi connectivity index (χ1n) is 7.81. The van der Waals surface area contributed by atoms with Crippen LogP contribution in [0.2, 0.25) is 0 Å². The van der Waals surface area contributed by atoms with Crippen LogP contribution < -0.4 is 5.32 Å². The summed E-state index contributed by atoms with van der Waals surface area (Å²) in [5, 5.41) is 8.10. The molecule has 0 amide bonds. The van der Waals surface area contributed by atoms with Gasteiger partial charge in [0.2, 0.25) is 0 Å². The van der Waals surface area contributed by atoms with E-state index in [1.807, 2.05) is 16.9 Å². The average molecular weight is 284 g/mol. The maximum atomic E-state index is 4.46. The SMILES string of the molecule is CN1CCCC(Nc2cnn(Cc3ccccc3)c2)CC1. The van der Waals surface area contributed by atoms with Gasteiger partial charge in [-0.3, -0.25) is 4.68 Å². The van der Waals surface area contributed by atoms with E-state index in [1.54, 1.807) is 0 Å². The molecule has 1 aromatic heterocycles. The smallest absolute Gasteiger partial charge is 0.0728 e. The van der Waals surface area contributed by atoms with Crippen LogP contribution in [0.25, 0.3) is 0 Å². The predicted octanol–water partition coefficient (Wildman–Crippen LogP) is 2.83. The van der Waals surface area contributed by atoms with Crippen molar-refractivity contribution in [3.63, 3.8) is 0 Å². The van der Waals surface area contributed by atoms with E-state index in [0.717, 1.165) is 12.2 Å². The van der Waals surface area contributed by atoms with Gasteiger partial charge in [0.1, 0.15) is 0 Å². The van der Waals surface area contributed by atoms with Gasteiger partial charge in [-0.1, -0.05) is 30.3 Å². The Morgan fingerprint density at radius 1 is 1.19 bits per heavy atom. The molecule has 2 heterocycles. The second-order valence-corrected chi connectivity index (χ2v) is 5.99. The molecule has 0 bridgehead atoms. The van der Waals surface area contributed by atoms with Crippen molar-refractivity contribution in [3.8, 4) is 0 Å². The van der Waals surface area contributed by atoms with E-state index in [0.29, 0.717) is 6.04 Å². The topological polar surface area (TPSA) is 33.1 Å². The van der Waals surface area contributed by atoms with Crippen molar-refractivity contribution in [2.45, 2.75) is 31.8 Å². The van der Waals surface area contributed by atoms with Gasteiger partial charge in [0, 0.05) is 12.2 Å². The van der Waals surface area contributed by atoms with Crippen LogP contribution in [-0.2, 0) is 6.54 Å². The predicted molar refractivity (Wildman–Crippen MR) is 86.5 cm³/mol. The van der Waals surface area contributed by atoms with Gasteiger partial charge in [0.05, 0.1) is 18.4 Å². The molecule has 0 radical (unpaired) electrons. The Hall–Kier alpha value is -1.81. The standard InChI is InChI=1S/C17H24N4/c1-20-10-5-8-16(9-11-20)19-17-12-18-21(14-17)13-15-6-3-2-4-7-15/h2-4,6-7,12,14,16,19H,5,8-11,13H2,1H3. The van der Waals surface area contributed by atoms with Gasteiger partial charge in [0.15, 0.2) is 0 Å². The van der Waals surface area contributed by atoms with Crippen molar-refractivity contribution in [1.82, 2.24) is 14.7 Å². The Labute approximate surface area is 126 Å². The van der Waals surface area contributed by atoms with Crippen LogP contribution in [0.5, 0.6) is 0 Å². The van der Waals surface area contributed by atoms with Crippen molar-refractivity contribution in [2.75, 3.05) is 25.5 Å². The zero-order valence-electron chi connectivity index (χ0n) is 12.7. The highest BCUT2D eigenvalue weighted by atomic mass is 15.3. The molecule has 1 N–H and O–H groups in total. The Morgan fingerprint density at radius 3 is 2.90 bits per heavy atom. The Balaban J connectivity index is 1.57. The fourth-order valence-electron chi connectivity index (χ4n) is 2.92. The molecule has 0 aliphatic carbocycles. The molecule has 1 atom stereocenters. The largest absolute Gasteiger partial charge is 0.380 e. The number of rotatable bonds is 4. The molecule has 1 aromatic carbocycles. The lowest BCUT2D eigenvalue weighted by Gasteiger charge is -2.16. The van der Waals surface area contributed by atoms with Crippen LogP contribution in [0, 0.1) is 0 Å². The number of hydrogen-bond acceptors (Lipinski definition) is 3. The number of nitrogens with zero attached hydrogens (tertiary/aromatic N) is 3. The molecule has 0 spiro atoms. The molecule has 1 fully saturated rings. The molecule has 21 heavy (non-hydrogen) atoms. The van der Waals surface area contributed by atoms with E-state index in [4.69, 9.17) is 0 Å². The van der Waals surface area contributed by atoms with E-state index >= 15 is 0 Å². The number of benzene rings is 1. The fraction of sp³-hybridized carbons (Fsp3) is 0.471. The Bertz CT molecular complexity index is 549.